The van der Waals surface area contributed by atoms with E-state index in [-0.39, 0.29) is 0 Å². The molecule has 17 heavy (non-hydrogen) atoms. The van der Waals surface area contributed by atoms with Crippen molar-refractivity contribution in [2.24, 2.45) is 0 Å². The van der Waals surface area contributed by atoms with Crippen molar-refractivity contribution in [1.29, 1.82) is 0 Å². The highest BCUT2D eigenvalue weighted by atomic mass is 35.5. The van der Waals surface area contributed by atoms with Gasteiger partial charge >= 0.3 is 0 Å². The highest BCUT2D eigenvalue weighted by Gasteiger charge is 2.21. The Kier molecular flexibility index (Phi) is 4.30. The summed E-state index contributed by atoms with van der Waals surface area (Å²) in [5, 5.41) is 0. The third-order valence-corrected chi connectivity index (χ3v) is 3.78. The summed E-state index contributed by atoms with van der Waals surface area (Å²) in [7, 11) is 2.20. The fourth-order valence-electron chi connectivity index (χ4n) is 2.63. The first kappa shape index (κ1) is 12.7. The van der Waals surface area contributed by atoms with Gasteiger partial charge in [-0.05, 0) is 38.6 Å². The molecule has 0 N–H and O–H groups in total. The number of hydrogen-bond acceptors (Lipinski definition) is 2. The Balaban J connectivity index is 2.25. The summed E-state index contributed by atoms with van der Waals surface area (Å²) in [5.41, 5.74) is 2.55. The molecule has 1 fully saturated rings. The Bertz CT molecular complexity index is 367. The van der Waals surface area contributed by atoms with Crippen molar-refractivity contribution >= 4 is 17.3 Å². The highest BCUT2D eigenvalue weighted by Crippen LogP contribution is 2.25. The van der Waals surface area contributed by atoms with Gasteiger partial charge in [0.1, 0.15) is 0 Å². The van der Waals surface area contributed by atoms with E-state index in [1.165, 1.54) is 24.2 Å². The number of alkyl halides is 1. The zero-order valence-electron chi connectivity index (χ0n) is 10.7. The van der Waals surface area contributed by atoms with Crippen LogP contribution >= 0.6 is 11.6 Å². The van der Waals surface area contributed by atoms with E-state index in [2.05, 4.69) is 48.0 Å². The van der Waals surface area contributed by atoms with E-state index in [9.17, 15) is 0 Å². The van der Waals surface area contributed by atoms with Crippen LogP contribution in [-0.4, -0.2) is 37.6 Å². The van der Waals surface area contributed by atoms with Crippen LogP contribution in [-0.2, 0) is 5.88 Å². The quantitative estimate of drug-likeness (QED) is 0.747. The Morgan fingerprint density at radius 3 is 2.82 bits per heavy atom. The highest BCUT2D eigenvalue weighted by molar-refractivity contribution is 6.17. The second-order valence-electron chi connectivity index (χ2n) is 4.92. The van der Waals surface area contributed by atoms with Gasteiger partial charge in [-0.2, -0.15) is 0 Å². The number of para-hydroxylation sites is 1. The van der Waals surface area contributed by atoms with Crippen molar-refractivity contribution in [3.05, 3.63) is 29.8 Å². The van der Waals surface area contributed by atoms with E-state index in [1.807, 2.05) is 0 Å². The first-order chi connectivity index (χ1) is 8.22. The third-order valence-electron chi connectivity index (χ3n) is 3.49. The molecule has 94 valence electrons. The van der Waals surface area contributed by atoms with Gasteiger partial charge in [-0.15, -0.1) is 11.6 Å². The molecule has 1 unspecified atom stereocenters. The minimum absolute atomic E-state index is 0.548. The lowest BCUT2D eigenvalue weighted by molar-refractivity contribution is 0.337. The Hall–Kier alpha value is -0.730. The zero-order chi connectivity index (χ0) is 12.3. The van der Waals surface area contributed by atoms with Gasteiger partial charge < -0.3 is 9.80 Å². The minimum atomic E-state index is 0.548. The normalized spacial score (nSPS) is 22.5. The lowest BCUT2D eigenvalue weighted by atomic mass is 10.1. The van der Waals surface area contributed by atoms with E-state index >= 15 is 0 Å². The fraction of sp³-hybridized carbons (Fsp3) is 0.571. The number of nitrogens with zero attached hydrogens (tertiary/aromatic N) is 2. The molecule has 1 aliphatic rings. The molecule has 0 amide bonds. The molecule has 0 aromatic heterocycles. The van der Waals surface area contributed by atoms with Crippen LogP contribution in [0.3, 0.4) is 0 Å². The van der Waals surface area contributed by atoms with Crippen molar-refractivity contribution in [2.45, 2.75) is 25.3 Å². The Labute approximate surface area is 109 Å². The maximum absolute atomic E-state index is 6.03. The lowest BCUT2D eigenvalue weighted by Gasteiger charge is -2.31. The first-order valence-electron chi connectivity index (χ1n) is 6.31. The maximum Gasteiger partial charge on any atom is 0.0494 e. The zero-order valence-corrected chi connectivity index (χ0v) is 11.5. The van der Waals surface area contributed by atoms with Gasteiger partial charge in [0.2, 0.25) is 0 Å². The van der Waals surface area contributed by atoms with Crippen LogP contribution in [0, 0.1) is 0 Å². The third kappa shape index (κ3) is 2.93. The van der Waals surface area contributed by atoms with Crippen molar-refractivity contribution in [2.75, 3.05) is 31.6 Å². The summed E-state index contributed by atoms with van der Waals surface area (Å²) in [6.45, 7) is 5.73. The lowest BCUT2D eigenvalue weighted by Crippen LogP contribution is -2.38. The van der Waals surface area contributed by atoms with Gasteiger partial charge in [0.15, 0.2) is 0 Å². The van der Waals surface area contributed by atoms with Crippen molar-refractivity contribution in [3.63, 3.8) is 0 Å². The predicted octanol–water partition coefficient (Wildman–Crippen LogP) is 2.96. The summed E-state index contributed by atoms with van der Waals surface area (Å²) in [5.74, 6) is 0.592. The molecular formula is C14H21ClN2. The molecule has 0 radical (unpaired) electrons. The molecule has 0 spiro atoms. The molecule has 0 aliphatic carbocycles. The number of benzene rings is 1. The smallest absolute Gasteiger partial charge is 0.0494 e. The molecule has 3 heteroatoms. The summed E-state index contributed by atoms with van der Waals surface area (Å²) >= 11 is 6.03. The topological polar surface area (TPSA) is 6.48 Å². The average molecular weight is 253 g/mol. The van der Waals surface area contributed by atoms with E-state index in [0.29, 0.717) is 11.9 Å². The Morgan fingerprint density at radius 1 is 1.29 bits per heavy atom. The van der Waals surface area contributed by atoms with Crippen LogP contribution in [0.4, 0.5) is 5.69 Å². The van der Waals surface area contributed by atoms with Crippen LogP contribution < -0.4 is 4.90 Å². The van der Waals surface area contributed by atoms with Gasteiger partial charge in [-0.3, -0.25) is 0 Å². The molecule has 1 aromatic carbocycles. The fourth-order valence-corrected chi connectivity index (χ4v) is 2.86. The second kappa shape index (κ2) is 5.74. The van der Waals surface area contributed by atoms with Gasteiger partial charge in [-0.25, -0.2) is 0 Å². The van der Waals surface area contributed by atoms with Crippen LogP contribution in [0.2, 0.25) is 0 Å². The number of anilines is 1. The molecule has 1 saturated heterocycles. The van der Waals surface area contributed by atoms with Crippen LogP contribution in [0.1, 0.15) is 18.9 Å². The molecule has 1 aliphatic heterocycles. The average Bonchev–Trinajstić information content (AvgIpc) is 2.50. The van der Waals surface area contributed by atoms with E-state index in [0.717, 1.165) is 13.1 Å². The van der Waals surface area contributed by atoms with E-state index in [4.69, 9.17) is 11.6 Å². The molecule has 1 atom stereocenters. The number of rotatable bonds is 2. The molecule has 2 rings (SSSR count). The monoisotopic (exact) mass is 252 g/mol. The van der Waals surface area contributed by atoms with E-state index in [1.54, 1.807) is 0 Å². The van der Waals surface area contributed by atoms with Gasteiger partial charge in [0, 0.05) is 30.7 Å². The largest absolute Gasteiger partial charge is 0.367 e. The van der Waals surface area contributed by atoms with Crippen molar-refractivity contribution < 1.29 is 0 Å². The predicted molar refractivity (Wildman–Crippen MR) is 74.9 cm³/mol. The van der Waals surface area contributed by atoms with Gasteiger partial charge in [0.05, 0.1) is 0 Å². The van der Waals surface area contributed by atoms with Gasteiger partial charge in [0.25, 0.3) is 0 Å². The molecule has 0 saturated carbocycles. The number of halogens is 1. The Morgan fingerprint density at radius 2 is 2.06 bits per heavy atom. The summed E-state index contributed by atoms with van der Waals surface area (Å²) in [6.07, 6.45) is 1.22. The molecule has 2 nitrogen and oxygen atoms in total. The SMILES string of the molecule is CC1CN(C)CCCN1c1ccccc1CCl. The van der Waals surface area contributed by atoms with Crippen molar-refractivity contribution in [3.8, 4) is 0 Å². The summed E-state index contributed by atoms with van der Waals surface area (Å²) in [4.78, 5) is 4.91. The van der Waals surface area contributed by atoms with Crippen molar-refractivity contribution in [1.82, 2.24) is 4.90 Å². The number of hydrogen-bond donors (Lipinski definition) is 0. The molecule has 1 heterocycles. The standard InChI is InChI=1S/C14H21ClN2/c1-12-11-16(2)8-5-9-17(12)14-7-4-3-6-13(14)10-15/h3-4,6-7,12H,5,8-11H2,1-2H3. The summed E-state index contributed by atoms with van der Waals surface area (Å²) in [6, 6.07) is 9.04. The van der Waals surface area contributed by atoms with Crippen LogP contribution in [0.25, 0.3) is 0 Å². The number of likely N-dealkylation sites (N-methyl/N-ethyl adjacent to an activating group) is 1. The van der Waals surface area contributed by atoms with Crippen LogP contribution in [0.15, 0.2) is 24.3 Å². The van der Waals surface area contributed by atoms with Crippen LogP contribution in [0.5, 0.6) is 0 Å². The molecule has 1 aromatic rings. The maximum atomic E-state index is 6.03. The summed E-state index contributed by atoms with van der Waals surface area (Å²) < 4.78 is 0. The van der Waals surface area contributed by atoms with E-state index < -0.39 is 0 Å². The van der Waals surface area contributed by atoms with Gasteiger partial charge in [-0.1, -0.05) is 18.2 Å². The minimum Gasteiger partial charge on any atom is -0.367 e. The molecule has 0 bridgehead atoms. The first-order valence-corrected chi connectivity index (χ1v) is 6.85. The second-order valence-corrected chi connectivity index (χ2v) is 5.19. The molecular weight excluding hydrogens is 232 g/mol.